The number of rotatable bonds is 8. The summed E-state index contributed by atoms with van der Waals surface area (Å²) >= 11 is 0. The summed E-state index contributed by atoms with van der Waals surface area (Å²) in [5.41, 5.74) is 2.55. The maximum Gasteiger partial charge on any atom is 0.248 e. The van der Waals surface area contributed by atoms with E-state index < -0.39 is 0 Å². The van der Waals surface area contributed by atoms with Gasteiger partial charge in [0.25, 0.3) is 0 Å². The number of aromatic nitrogens is 2. The fraction of sp³-hybridized carbons (Fsp3) is 0.571. The zero-order valence-corrected chi connectivity index (χ0v) is 20.6. The van der Waals surface area contributed by atoms with Crippen molar-refractivity contribution in [2.75, 3.05) is 31.1 Å². The summed E-state index contributed by atoms with van der Waals surface area (Å²) in [6.45, 7) is 11.7. The van der Waals surface area contributed by atoms with E-state index in [1.807, 2.05) is 13.8 Å². The summed E-state index contributed by atoms with van der Waals surface area (Å²) in [6, 6.07) is 9.03. The lowest BCUT2D eigenvalue weighted by atomic mass is 10.2. The van der Waals surface area contributed by atoms with E-state index >= 15 is 0 Å². The van der Waals surface area contributed by atoms with Gasteiger partial charge in [0.2, 0.25) is 5.89 Å². The largest absolute Gasteiger partial charge is 0.371 e. The number of nitrogens with one attached hydrogen (secondary N) is 2. The van der Waals surface area contributed by atoms with Crippen LogP contribution in [0.5, 0.6) is 0 Å². The van der Waals surface area contributed by atoms with E-state index in [0.29, 0.717) is 30.9 Å². The van der Waals surface area contributed by atoms with Crippen LogP contribution in [0.15, 0.2) is 33.8 Å². The zero-order valence-electron chi connectivity index (χ0n) is 18.2. The molecule has 8 nitrogen and oxygen atoms in total. The van der Waals surface area contributed by atoms with Crippen LogP contribution in [0.25, 0.3) is 0 Å². The van der Waals surface area contributed by atoms with Gasteiger partial charge in [0.05, 0.1) is 0 Å². The number of nitrogens with zero attached hydrogens (tertiary/aromatic N) is 4. The first kappa shape index (κ1) is 24.4. The van der Waals surface area contributed by atoms with Crippen LogP contribution < -0.4 is 15.5 Å². The Bertz CT molecular complexity index is 795. The van der Waals surface area contributed by atoms with Gasteiger partial charge in [-0.2, -0.15) is 4.98 Å². The molecular weight excluding hydrogens is 495 g/mol. The Labute approximate surface area is 195 Å². The van der Waals surface area contributed by atoms with Gasteiger partial charge in [-0.15, -0.1) is 24.0 Å². The molecular formula is C21H33IN6O2. The molecule has 2 heterocycles. The zero-order chi connectivity index (χ0) is 20.6. The van der Waals surface area contributed by atoms with Gasteiger partial charge in [0.15, 0.2) is 11.8 Å². The van der Waals surface area contributed by atoms with Crippen LogP contribution in [-0.2, 0) is 11.3 Å². The molecule has 1 aromatic carbocycles. The highest BCUT2D eigenvalue weighted by Crippen LogP contribution is 2.20. The maximum atomic E-state index is 5.50. The maximum absolute atomic E-state index is 5.50. The first-order valence-corrected chi connectivity index (χ1v) is 10.4. The van der Waals surface area contributed by atoms with E-state index in [1.165, 1.54) is 11.3 Å². The first-order valence-electron chi connectivity index (χ1n) is 10.4. The lowest BCUT2D eigenvalue weighted by Gasteiger charge is -2.20. The van der Waals surface area contributed by atoms with Crippen LogP contribution in [0.1, 0.15) is 50.6 Å². The quantitative estimate of drug-likeness (QED) is 0.309. The Kier molecular flexibility index (Phi) is 9.83. The molecule has 0 amide bonds. The van der Waals surface area contributed by atoms with Gasteiger partial charge in [-0.3, -0.25) is 0 Å². The highest BCUT2D eigenvalue weighted by atomic mass is 127. The molecule has 2 aromatic rings. The van der Waals surface area contributed by atoms with E-state index in [1.54, 1.807) is 0 Å². The molecule has 1 saturated heterocycles. The molecule has 0 radical (unpaired) electrons. The number of aliphatic imine (C=N–C) groups is 1. The normalized spacial score (nSPS) is 17.5. The molecule has 2 unspecified atom stereocenters. The van der Waals surface area contributed by atoms with Crippen molar-refractivity contribution in [2.45, 2.75) is 52.8 Å². The Morgan fingerprint density at radius 3 is 2.80 bits per heavy atom. The van der Waals surface area contributed by atoms with Crippen molar-refractivity contribution in [3.63, 3.8) is 0 Å². The lowest BCUT2D eigenvalue weighted by molar-refractivity contribution is 0.0683. The molecule has 2 N–H and O–H groups in total. The van der Waals surface area contributed by atoms with Gasteiger partial charge < -0.3 is 24.8 Å². The van der Waals surface area contributed by atoms with E-state index in [9.17, 15) is 0 Å². The van der Waals surface area contributed by atoms with E-state index in [2.05, 4.69) is 68.8 Å². The van der Waals surface area contributed by atoms with Gasteiger partial charge in [-0.05, 0) is 46.2 Å². The van der Waals surface area contributed by atoms with Gasteiger partial charge in [-0.25, -0.2) is 4.99 Å². The lowest BCUT2D eigenvalue weighted by Crippen LogP contribution is -2.44. The van der Waals surface area contributed by atoms with Gasteiger partial charge in [0.1, 0.15) is 12.6 Å². The highest BCUT2D eigenvalue weighted by Gasteiger charge is 2.23. The molecule has 30 heavy (non-hydrogen) atoms. The van der Waals surface area contributed by atoms with Gasteiger partial charge >= 0.3 is 0 Å². The van der Waals surface area contributed by atoms with Crippen molar-refractivity contribution in [2.24, 2.45) is 4.99 Å². The summed E-state index contributed by atoms with van der Waals surface area (Å²) < 4.78 is 10.8. The SMILES string of the molecule is CCNC(=NCc1nc(C(C)OCC)no1)NC1CCN(c2ccc(C)cc2)C1.I. The number of hydrogen-bond acceptors (Lipinski definition) is 6. The second-order valence-electron chi connectivity index (χ2n) is 7.25. The summed E-state index contributed by atoms with van der Waals surface area (Å²) in [5, 5.41) is 10.8. The molecule has 1 aromatic heterocycles. The Balaban J connectivity index is 0.00000320. The number of benzene rings is 1. The molecule has 0 saturated carbocycles. The Morgan fingerprint density at radius 1 is 1.33 bits per heavy atom. The molecule has 0 bridgehead atoms. The molecule has 1 fully saturated rings. The number of hydrogen-bond donors (Lipinski definition) is 2. The van der Waals surface area contributed by atoms with Gasteiger partial charge in [0, 0.05) is 38.0 Å². The minimum Gasteiger partial charge on any atom is -0.371 e. The molecule has 3 rings (SSSR count). The molecule has 166 valence electrons. The van der Waals surface area contributed by atoms with E-state index in [4.69, 9.17) is 9.26 Å². The minimum absolute atomic E-state index is 0. The van der Waals surface area contributed by atoms with Crippen molar-refractivity contribution in [1.29, 1.82) is 0 Å². The second kappa shape index (κ2) is 12.1. The minimum atomic E-state index is -0.181. The third-order valence-electron chi connectivity index (χ3n) is 4.91. The highest BCUT2D eigenvalue weighted by molar-refractivity contribution is 14.0. The number of halogens is 1. The standard InChI is InChI=1S/C21H32N6O2.HI/c1-5-22-21(23-13-19-25-20(26-29-19)16(4)28-6-2)24-17-11-12-27(14-17)18-9-7-15(3)8-10-18;/h7-10,16-17H,5-6,11-14H2,1-4H3,(H2,22,23,24);1H. The fourth-order valence-corrected chi connectivity index (χ4v) is 3.35. The fourth-order valence-electron chi connectivity index (χ4n) is 3.35. The summed E-state index contributed by atoms with van der Waals surface area (Å²) in [7, 11) is 0. The van der Waals surface area contributed by atoms with Crippen LogP contribution >= 0.6 is 24.0 Å². The van der Waals surface area contributed by atoms with Gasteiger partial charge in [-0.1, -0.05) is 22.9 Å². The predicted octanol–water partition coefficient (Wildman–Crippen LogP) is 3.43. The topological polar surface area (TPSA) is 87.8 Å². The molecule has 1 aliphatic rings. The third kappa shape index (κ3) is 6.83. The third-order valence-corrected chi connectivity index (χ3v) is 4.91. The Hall–Kier alpha value is -1.88. The monoisotopic (exact) mass is 528 g/mol. The van der Waals surface area contributed by atoms with Crippen molar-refractivity contribution in [1.82, 2.24) is 20.8 Å². The van der Waals surface area contributed by atoms with Crippen LogP contribution in [0, 0.1) is 6.92 Å². The molecule has 0 spiro atoms. The summed E-state index contributed by atoms with van der Waals surface area (Å²) in [4.78, 5) is 11.4. The number of aryl methyl sites for hydroxylation is 1. The second-order valence-corrected chi connectivity index (χ2v) is 7.25. The smallest absolute Gasteiger partial charge is 0.248 e. The predicted molar refractivity (Wildman–Crippen MR) is 130 cm³/mol. The van der Waals surface area contributed by atoms with E-state index in [-0.39, 0.29) is 30.1 Å². The number of guanidine groups is 1. The van der Waals surface area contributed by atoms with Crippen LogP contribution in [0.3, 0.4) is 0 Å². The van der Waals surface area contributed by atoms with Crippen molar-refractivity contribution >= 4 is 35.6 Å². The van der Waals surface area contributed by atoms with Crippen molar-refractivity contribution in [3.8, 4) is 0 Å². The number of anilines is 1. The van der Waals surface area contributed by atoms with Crippen LogP contribution in [0.2, 0.25) is 0 Å². The molecule has 2 atom stereocenters. The average molecular weight is 528 g/mol. The number of ether oxygens (including phenoxy) is 1. The van der Waals surface area contributed by atoms with Crippen LogP contribution in [0.4, 0.5) is 5.69 Å². The van der Waals surface area contributed by atoms with Crippen LogP contribution in [-0.4, -0.2) is 48.4 Å². The van der Waals surface area contributed by atoms with Crippen molar-refractivity contribution < 1.29 is 9.26 Å². The molecule has 9 heteroatoms. The summed E-state index contributed by atoms with van der Waals surface area (Å²) in [6.07, 6.45) is 0.883. The van der Waals surface area contributed by atoms with Crippen molar-refractivity contribution in [3.05, 3.63) is 41.5 Å². The summed E-state index contributed by atoms with van der Waals surface area (Å²) in [5.74, 6) is 1.80. The average Bonchev–Trinajstić information content (AvgIpc) is 3.37. The van der Waals surface area contributed by atoms with E-state index in [0.717, 1.165) is 32.0 Å². The first-order chi connectivity index (χ1) is 14.1. The molecule has 1 aliphatic heterocycles. The Morgan fingerprint density at radius 2 is 2.10 bits per heavy atom. The molecule has 0 aliphatic carbocycles.